The third kappa shape index (κ3) is 5.73. The number of amides is 2. The first kappa shape index (κ1) is 21.2. The predicted molar refractivity (Wildman–Crippen MR) is 116 cm³/mol. The van der Waals surface area contributed by atoms with Gasteiger partial charge in [-0.3, -0.25) is 20.4 Å². The molecule has 3 aromatic rings. The molecule has 0 unspecified atom stereocenters. The third-order valence-corrected chi connectivity index (χ3v) is 4.40. The fraction of sp³-hybridized carbons (Fsp3) is 0.250. The van der Waals surface area contributed by atoms with E-state index in [4.69, 9.17) is 9.47 Å². The highest BCUT2D eigenvalue weighted by Gasteiger charge is 2.16. The molecule has 6 nitrogen and oxygen atoms in total. The van der Waals surface area contributed by atoms with Gasteiger partial charge in [0, 0.05) is 5.56 Å². The van der Waals surface area contributed by atoms with Crippen molar-refractivity contribution in [1.29, 1.82) is 0 Å². The molecule has 0 aliphatic rings. The van der Waals surface area contributed by atoms with E-state index in [0.717, 1.165) is 10.8 Å². The number of ether oxygens (including phenoxy) is 2. The van der Waals surface area contributed by atoms with Gasteiger partial charge in [0.2, 0.25) is 0 Å². The minimum absolute atomic E-state index is 0.412. The van der Waals surface area contributed by atoms with E-state index in [0.29, 0.717) is 29.6 Å². The number of benzene rings is 3. The number of carbonyl (C=O) groups excluding carboxylic acids is 2. The van der Waals surface area contributed by atoms with Crippen LogP contribution in [0.15, 0.2) is 66.7 Å². The van der Waals surface area contributed by atoms with E-state index in [9.17, 15) is 9.59 Å². The van der Waals surface area contributed by atoms with E-state index in [2.05, 4.69) is 24.7 Å². The summed E-state index contributed by atoms with van der Waals surface area (Å²) in [5.74, 6) is 0.827. The van der Waals surface area contributed by atoms with Gasteiger partial charge >= 0.3 is 0 Å². The van der Waals surface area contributed by atoms with E-state index in [1.165, 1.54) is 0 Å². The van der Waals surface area contributed by atoms with Crippen molar-refractivity contribution in [3.63, 3.8) is 0 Å². The SMILES string of the molecule is CC(C)COc1ccc(C(=O)NNC(=O)[C@@H](C)Oc2ccc3ccccc3c2)cc1. The Hall–Kier alpha value is -3.54. The second-order valence-electron chi connectivity index (χ2n) is 7.44. The first-order valence-electron chi connectivity index (χ1n) is 9.91. The van der Waals surface area contributed by atoms with Crippen LogP contribution in [0.3, 0.4) is 0 Å². The Bertz CT molecular complexity index is 1020. The summed E-state index contributed by atoms with van der Waals surface area (Å²) in [5.41, 5.74) is 5.22. The average molecular weight is 406 g/mol. The number of rotatable bonds is 7. The molecular weight excluding hydrogens is 380 g/mol. The van der Waals surface area contributed by atoms with Crippen LogP contribution in [0.5, 0.6) is 11.5 Å². The van der Waals surface area contributed by atoms with Crippen LogP contribution in [0, 0.1) is 5.92 Å². The molecular formula is C24H26N2O4. The van der Waals surface area contributed by atoms with Gasteiger partial charge in [-0.1, -0.05) is 44.2 Å². The summed E-state index contributed by atoms with van der Waals surface area (Å²) < 4.78 is 11.3. The van der Waals surface area contributed by atoms with Gasteiger partial charge in [-0.15, -0.1) is 0 Å². The molecule has 0 saturated heterocycles. The summed E-state index contributed by atoms with van der Waals surface area (Å²) in [4.78, 5) is 24.5. The summed E-state index contributed by atoms with van der Waals surface area (Å²) >= 11 is 0. The molecule has 0 aromatic heterocycles. The van der Waals surface area contributed by atoms with E-state index >= 15 is 0 Å². The zero-order valence-electron chi connectivity index (χ0n) is 17.3. The Balaban J connectivity index is 1.50. The van der Waals surface area contributed by atoms with Gasteiger partial charge in [0.05, 0.1) is 6.61 Å². The van der Waals surface area contributed by atoms with Crippen LogP contribution in [0.4, 0.5) is 0 Å². The minimum atomic E-state index is -0.779. The molecule has 0 spiro atoms. The number of fused-ring (bicyclic) bond motifs is 1. The third-order valence-electron chi connectivity index (χ3n) is 4.40. The Morgan fingerprint density at radius 1 is 0.833 bits per heavy atom. The van der Waals surface area contributed by atoms with Crippen molar-refractivity contribution in [3.05, 3.63) is 72.3 Å². The lowest BCUT2D eigenvalue weighted by molar-refractivity contribution is -0.128. The molecule has 3 rings (SSSR count). The Morgan fingerprint density at radius 3 is 2.20 bits per heavy atom. The summed E-state index contributed by atoms with van der Waals surface area (Å²) in [5, 5.41) is 2.12. The lowest BCUT2D eigenvalue weighted by Gasteiger charge is -2.15. The fourth-order valence-corrected chi connectivity index (χ4v) is 2.76. The van der Waals surface area contributed by atoms with E-state index < -0.39 is 17.9 Å². The molecule has 0 aliphatic heterocycles. The molecule has 0 radical (unpaired) electrons. The molecule has 0 fully saturated rings. The quantitative estimate of drug-likeness (QED) is 0.579. The first-order valence-corrected chi connectivity index (χ1v) is 9.91. The Labute approximate surface area is 176 Å². The van der Waals surface area contributed by atoms with E-state index in [1.807, 2.05) is 42.5 Å². The average Bonchev–Trinajstić information content (AvgIpc) is 2.76. The van der Waals surface area contributed by atoms with Gasteiger partial charge in [-0.2, -0.15) is 0 Å². The van der Waals surface area contributed by atoms with Crippen LogP contribution < -0.4 is 20.3 Å². The number of hydrogen-bond acceptors (Lipinski definition) is 4. The maximum absolute atomic E-state index is 12.3. The van der Waals surface area contributed by atoms with E-state index in [1.54, 1.807) is 31.2 Å². The molecule has 3 aromatic carbocycles. The molecule has 1 atom stereocenters. The summed E-state index contributed by atoms with van der Waals surface area (Å²) in [6, 6.07) is 20.3. The van der Waals surface area contributed by atoms with Crippen LogP contribution in [0.1, 0.15) is 31.1 Å². The van der Waals surface area contributed by atoms with Crippen LogP contribution in [0.25, 0.3) is 10.8 Å². The zero-order valence-corrected chi connectivity index (χ0v) is 17.3. The van der Waals surface area contributed by atoms with Crippen molar-refractivity contribution in [3.8, 4) is 11.5 Å². The van der Waals surface area contributed by atoms with Gasteiger partial charge in [0.15, 0.2) is 6.10 Å². The van der Waals surface area contributed by atoms with Crippen LogP contribution in [-0.2, 0) is 4.79 Å². The standard InChI is InChI=1S/C24H26N2O4/c1-16(2)15-29-21-11-9-19(10-12-21)24(28)26-25-23(27)17(3)30-22-13-8-18-6-4-5-7-20(18)14-22/h4-14,16-17H,15H2,1-3H3,(H,25,27)(H,26,28)/t17-/m1/s1. The topological polar surface area (TPSA) is 76.7 Å². The van der Waals surface area contributed by atoms with Crippen molar-refractivity contribution in [2.75, 3.05) is 6.61 Å². The van der Waals surface area contributed by atoms with Crippen LogP contribution >= 0.6 is 0 Å². The van der Waals surface area contributed by atoms with Gasteiger partial charge in [-0.25, -0.2) is 0 Å². The molecule has 156 valence electrons. The van der Waals surface area contributed by atoms with Gasteiger partial charge < -0.3 is 9.47 Å². The van der Waals surface area contributed by atoms with Crippen molar-refractivity contribution in [2.24, 2.45) is 5.92 Å². The van der Waals surface area contributed by atoms with Gasteiger partial charge in [0.25, 0.3) is 11.8 Å². The minimum Gasteiger partial charge on any atom is -0.493 e. The largest absolute Gasteiger partial charge is 0.493 e. The Kier molecular flexibility index (Phi) is 6.91. The summed E-state index contributed by atoms with van der Waals surface area (Å²) in [7, 11) is 0. The molecule has 2 amide bonds. The highest BCUT2D eigenvalue weighted by atomic mass is 16.5. The molecule has 0 heterocycles. The maximum Gasteiger partial charge on any atom is 0.279 e. The smallest absolute Gasteiger partial charge is 0.279 e. The first-order chi connectivity index (χ1) is 14.4. The normalized spacial score (nSPS) is 11.7. The zero-order chi connectivity index (χ0) is 21.5. The Morgan fingerprint density at radius 2 is 1.50 bits per heavy atom. The van der Waals surface area contributed by atoms with Gasteiger partial charge in [-0.05, 0) is 60.0 Å². The van der Waals surface area contributed by atoms with Crippen molar-refractivity contribution < 1.29 is 19.1 Å². The number of nitrogens with one attached hydrogen (secondary N) is 2. The second-order valence-corrected chi connectivity index (χ2v) is 7.44. The predicted octanol–water partition coefficient (Wildman–Crippen LogP) is 4.10. The molecule has 0 saturated carbocycles. The van der Waals surface area contributed by atoms with Crippen LogP contribution in [-0.4, -0.2) is 24.5 Å². The number of hydrogen-bond donors (Lipinski definition) is 2. The summed E-state index contributed by atoms with van der Waals surface area (Å²) in [6.07, 6.45) is -0.779. The fourth-order valence-electron chi connectivity index (χ4n) is 2.76. The summed E-state index contributed by atoms with van der Waals surface area (Å²) in [6.45, 7) is 6.36. The lowest BCUT2D eigenvalue weighted by Crippen LogP contribution is -2.47. The molecule has 0 bridgehead atoms. The molecule has 6 heteroatoms. The van der Waals surface area contributed by atoms with Gasteiger partial charge in [0.1, 0.15) is 11.5 Å². The van der Waals surface area contributed by atoms with E-state index in [-0.39, 0.29) is 0 Å². The second kappa shape index (κ2) is 9.78. The maximum atomic E-state index is 12.3. The number of hydrazine groups is 1. The molecule has 2 N–H and O–H groups in total. The van der Waals surface area contributed by atoms with Crippen molar-refractivity contribution in [2.45, 2.75) is 26.9 Å². The molecule has 0 aliphatic carbocycles. The van der Waals surface area contributed by atoms with Crippen molar-refractivity contribution in [1.82, 2.24) is 10.9 Å². The highest BCUT2D eigenvalue weighted by molar-refractivity contribution is 5.95. The molecule has 30 heavy (non-hydrogen) atoms. The lowest BCUT2D eigenvalue weighted by atomic mass is 10.1. The van der Waals surface area contributed by atoms with Crippen molar-refractivity contribution >= 4 is 22.6 Å². The highest BCUT2D eigenvalue weighted by Crippen LogP contribution is 2.21. The van der Waals surface area contributed by atoms with Crippen LogP contribution in [0.2, 0.25) is 0 Å². The number of carbonyl (C=O) groups is 2. The monoisotopic (exact) mass is 406 g/mol.